The van der Waals surface area contributed by atoms with E-state index in [0.717, 1.165) is 46.6 Å². The molecule has 0 bridgehead atoms. The van der Waals surface area contributed by atoms with E-state index in [-0.39, 0.29) is 5.56 Å². The second-order valence-corrected chi connectivity index (χ2v) is 10.8. The lowest BCUT2D eigenvalue weighted by atomic mass is 9.82. The Labute approximate surface area is 202 Å². The first-order valence-electron chi connectivity index (χ1n) is 12.8. The number of aromatic amines is 1. The molecule has 4 heterocycles. The van der Waals surface area contributed by atoms with Gasteiger partial charge in [0, 0.05) is 47.6 Å². The summed E-state index contributed by atoms with van der Waals surface area (Å²) in [5, 5.41) is 0. The molecule has 5 rings (SSSR count). The van der Waals surface area contributed by atoms with Crippen LogP contribution < -0.4 is 5.56 Å². The molecule has 0 atom stereocenters. The molecule has 0 radical (unpaired) electrons. The van der Waals surface area contributed by atoms with Gasteiger partial charge in [0.25, 0.3) is 5.56 Å². The Bertz CT molecular complexity index is 1260. The third-order valence-electron chi connectivity index (χ3n) is 8.37. The number of ether oxygens (including phenoxy) is 1. The van der Waals surface area contributed by atoms with E-state index in [0.29, 0.717) is 23.9 Å². The maximum absolute atomic E-state index is 12.4. The van der Waals surface area contributed by atoms with E-state index in [2.05, 4.69) is 42.9 Å². The first-order valence-corrected chi connectivity index (χ1v) is 12.8. The summed E-state index contributed by atoms with van der Waals surface area (Å²) < 4.78 is 7.09. The van der Waals surface area contributed by atoms with Gasteiger partial charge < -0.3 is 14.3 Å². The zero-order valence-electron chi connectivity index (χ0n) is 21.4. The first kappa shape index (κ1) is 23.3. The van der Waals surface area contributed by atoms with Gasteiger partial charge in [-0.2, -0.15) is 0 Å². The predicted molar refractivity (Wildman–Crippen MR) is 138 cm³/mol. The summed E-state index contributed by atoms with van der Waals surface area (Å²) in [6, 6.07) is 5.70. The van der Waals surface area contributed by atoms with Crippen LogP contribution in [0.25, 0.3) is 22.3 Å². The van der Waals surface area contributed by atoms with Crippen molar-refractivity contribution < 1.29 is 4.74 Å². The van der Waals surface area contributed by atoms with Gasteiger partial charge in [-0.15, -0.1) is 0 Å². The standard InChI is InChI=1S/C28H38N4O2/c1-16(2)25-26(22-13-31(5)28(33)18(4)17(22)3)30-24-12-11-23(29-27(24)25)19-7-9-20(10-8-19)32(6)21-14-34-15-21/h11-13,16,19-21,30H,7-10,14-15H2,1-6H3. The number of aromatic nitrogens is 3. The van der Waals surface area contributed by atoms with E-state index >= 15 is 0 Å². The van der Waals surface area contributed by atoms with Crippen LogP contribution in [-0.2, 0) is 11.8 Å². The molecule has 0 aromatic carbocycles. The van der Waals surface area contributed by atoms with Crippen LogP contribution >= 0.6 is 0 Å². The first-order chi connectivity index (χ1) is 16.3. The van der Waals surface area contributed by atoms with Crippen LogP contribution in [0.1, 0.15) is 73.8 Å². The minimum absolute atomic E-state index is 0.0648. The minimum Gasteiger partial charge on any atom is -0.378 e. The number of nitrogens with zero attached hydrogens (tertiary/aromatic N) is 3. The van der Waals surface area contributed by atoms with Crippen molar-refractivity contribution in [2.24, 2.45) is 7.05 Å². The number of likely N-dealkylation sites (N-methyl/N-ethyl adjacent to an activating group) is 1. The number of aryl methyl sites for hydroxylation is 1. The Hall–Kier alpha value is -2.44. The second kappa shape index (κ2) is 8.97. The van der Waals surface area contributed by atoms with Crippen LogP contribution in [0, 0.1) is 13.8 Å². The van der Waals surface area contributed by atoms with Crippen LogP contribution in [0.4, 0.5) is 0 Å². The lowest BCUT2D eigenvalue weighted by molar-refractivity contribution is -0.0739. The van der Waals surface area contributed by atoms with Gasteiger partial charge in [-0.25, -0.2) is 0 Å². The highest BCUT2D eigenvalue weighted by Gasteiger charge is 2.32. The highest BCUT2D eigenvalue weighted by molar-refractivity contribution is 5.89. The lowest BCUT2D eigenvalue weighted by Gasteiger charge is -2.42. The van der Waals surface area contributed by atoms with Gasteiger partial charge >= 0.3 is 0 Å². The molecular formula is C28H38N4O2. The highest BCUT2D eigenvalue weighted by atomic mass is 16.5. The Morgan fingerprint density at radius 2 is 1.79 bits per heavy atom. The molecule has 0 spiro atoms. The third-order valence-corrected chi connectivity index (χ3v) is 8.37. The van der Waals surface area contributed by atoms with E-state index in [1.807, 2.05) is 27.1 Å². The fourth-order valence-electron chi connectivity index (χ4n) is 5.87. The second-order valence-electron chi connectivity index (χ2n) is 10.8. The van der Waals surface area contributed by atoms with Crippen molar-refractivity contribution in [3.63, 3.8) is 0 Å². The van der Waals surface area contributed by atoms with Crippen molar-refractivity contribution in [1.29, 1.82) is 0 Å². The lowest BCUT2D eigenvalue weighted by Crippen LogP contribution is -2.52. The molecule has 1 aliphatic heterocycles. The average molecular weight is 463 g/mol. The molecule has 34 heavy (non-hydrogen) atoms. The summed E-state index contributed by atoms with van der Waals surface area (Å²) >= 11 is 0. The Morgan fingerprint density at radius 3 is 2.41 bits per heavy atom. The molecule has 182 valence electrons. The van der Waals surface area contributed by atoms with Crippen molar-refractivity contribution in [2.75, 3.05) is 20.3 Å². The number of H-pyrrole nitrogens is 1. The predicted octanol–water partition coefficient (Wildman–Crippen LogP) is 5.03. The molecule has 2 aliphatic rings. The van der Waals surface area contributed by atoms with Crippen molar-refractivity contribution in [3.8, 4) is 11.3 Å². The molecule has 1 aliphatic carbocycles. The van der Waals surface area contributed by atoms with Crippen LogP contribution in [0.3, 0.4) is 0 Å². The Kier molecular flexibility index (Phi) is 6.15. The van der Waals surface area contributed by atoms with Gasteiger partial charge in [0.2, 0.25) is 0 Å². The van der Waals surface area contributed by atoms with E-state index in [4.69, 9.17) is 9.72 Å². The van der Waals surface area contributed by atoms with Crippen LogP contribution in [0.15, 0.2) is 23.1 Å². The largest absolute Gasteiger partial charge is 0.378 e. The van der Waals surface area contributed by atoms with Crippen LogP contribution in [-0.4, -0.2) is 51.8 Å². The molecule has 6 nitrogen and oxygen atoms in total. The molecule has 1 N–H and O–H groups in total. The van der Waals surface area contributed by atoms with Crippen molar-refractivity contribution in [3.05, 3.63) is 51.1 Å². The highest BCUT2D eigenvalue weighted by Crippen LogP contribution is 2.39. The van der Waals surface area contributed by atoms with Gasteiger partial charge in [0.05, 0.1) is 36.0 Å². The van der Waals surface area contributed by atoms with E-state index in [1.54, 1.807) is 4.57 Å². The molecule has 3 aromatic heterocycles. The van der Waals surface area contributed by atoms with Gasteiger partial charge in [-0.1, -0.05) is 13.8 Å². The molecule has 0 amide bonds. The monoisotopic (exact) mass is 462 g/mol. The van der Waals surface area contributed by atoms with Gasteiger partial charge in [-0.3, -0.25) is 14.7 Å². The topological polar surface area (TPSA) is 63.2 Å². The zero-order chi connectivity index (χ0) is 24.1. The number of hydrogen-bond donors (Lipinski definition) is 1. The summed E-state index contributed by atoms with van der Waals surface area (Å²) in [7, 11) is 4.10. The summed E-state index contributed by atoms with van der Waals surface area (Å²) in [4.78, 5) is 23.9. The average Bonchev–Trinajstić information content (AvgIpc) is 3.17. The smallest absolute Gasteiger partial charge is 0.253 e. The van der Waals surface area contributed by atoms with Gasteiger partial charge in [-0.05, 0) is 70.2 Å². The minimum atomic E-state index is 0.0648. The van der Waals surface area contributed by atoms with E-state index < -0.39 is 0 Å². The molecule has 6 heteroatoms. The molecule has 3 aromatic rings. The van der Waals surface area contributed by atoms with Crippen LogP contribution in [0.5, 0.6) is 0 Å². The molecule has 2 fully saturated rings. The van der Waals surface area contributed by atoms with Crippen LogP contribution in [0.2, 0.25) is 0 Å². The molecule has 0 unspecified atom stereocenters. The number of pyridine rings is 2. The fraction of sp³-hybridized carbons (Fsp3) is 0.571. The number of fused-ring (bicyclic) bond motifs is 1. The van der Waals surface area contributed by atoms with Crippen molar-refractivity contribution in [1.82, 2.24) is 19.4 Å². The quantitative estimate of drug-likeness (QED) is 0.578. The maximum Gasteiger partial charge on any atom is 0.253 e. The van der Waals surface area contributed by atoms with E-state index in [1.165, 1.54) is 36.9 Å². The Morgan fingerprint density at radius 1 is 1.09 bits per heavy atom. The molecule has 1 saturated heterocycles. The SMILES string of the molecule is Cc1c(-c2[nH]c3ccc(C4CCC(N(C)C5COC5)CC4)nc3c2C(C)C)cn(C)c(=O)c1C. The number of nitrogens with one attached hydrogen (secondary N) is 1. The summed E-state index contributed by atoms with van der Waals surface area (Å²) in [6.07, 6.45) is 6.79. The summed E-state index contributed by atoms with van der Waals surface area (Å²) in [5.74, 6) is 0.837. The van der Waals surface area contributed by atoms with Crippen molar-refractivity contribution in [2.45, 2.75) is 77.3 Å². The molecular weight excluding hydrogens is 424 g/mol. The van der Waals surface area contributed by atoms with E-state index in [9.17, 15) is 4.79 Å². The fourth-order valence-corrected chi connectivity index (χ4v) is 5.87. The number of rotatable bonds is 5. The molecule has 1 saturated carbocycles. The van der Waals surface area contributed by atoms with Crippen molar-refractivity contribution >= 4 is 11.0 Å². The van der Waals surface area contributed by atoms with Gasteiger partial charge in [0.1, 0.15) is 0 Å². The zero-order valence-corrected chi connectivity index (χ0v) is 21.4. The normalized spacial score (nSPS) is 21.5. The maximum atomic E-state index is 12.4. The Balaban J connectivity index is 1.47. The summed E-state index contributed by atoms with van der Waals surface area (Å²) in [6.45, 7) is 10.2. The van der Waals surface area contributed by atoms with Gasteiger partial charge in [0.15, 0.2) is 0 Å². The number of hydrogen-bond acceptors (Lipinski definition) is 4. The third kappa shape index (κ3) is 3.91. The summed E-state index contributed by atoms with van der Waals surface area (Å²) in [5.41, 5.74) is 8.72.